The molecule has 1 unspecified atom stereocenters. The van der Waals surface area contributed by atoms with Gasteiger partial charge in [-0.05, 0) is 0 Å². The second-order valence-corrected chi connectivity index (χ2v) is 1.38. The van der Waals surface area contributed by atoms with Gasteiger partial charge in [0.15, 0.2) is 13.1 Å². The van der Waals surface area contributed by atoms with Crippen LogP contribution in [0, 0.1) is 0 Å². The van der Waals surface area contributed by atoms with Crippen molar-refractivity contribution < 1.29 is 14.2 Å². The molecule has 0 aromatic heterocycles. The van der Waals surface area contributed by atoms with Gasteiger partial charge in [0.2, 0.25) is 0 Å². The molecule has 0 bridgehead atoms. The summed E-state index contributed by atoms with van der Waals surface area (Å²) in [7, 11) is 0. The summed E-state index contributed by atoms with van der Waals surface area (Å²) >= 11 is 0. The number of epoxide rings is 1. The summed E-state index contributed by atoms with van der Waals surface area (Å²) in [5.41, 5.74) is 0. The van der Waals surface area contributed by atoms with E-state index in [2.05, 4.69) is 11.3 Å². The smallest absolute Gasteiger partial charge is 0.191 e. The lowest BCUT2D eigenvalue weighted by Crippen LogP contribution is -1.97. The van der Waals surface area contributed by atoms with Crippen LogP contribution >= 0.6 is 0 Å². The van der Waals surface area contributed by atoms with Crippen molar-refractivity contribution in [3.8, 4) is 0 Å². The van der Waals surface area contributed by atoms with E-state index in [0.717, 1.165) is 0 Å². The Kier molecular flexibility index (Phi) is 1.88. The molecule has 0 radical (unpaired) electrons. The minimum atomic E-state index is -0.0186. The lowest BCUT2D eigenvalue weighted by atomic mass is 10.9. The molecule has 3 nitrogen and oxygen atoms in total. The molecule has 1 atom stereocenters. The second-order valence-electron chi connectivity index (χ2n) is 1.38. The Morgan fingerprint density at radius 3 is 3.12 bits per heavy atom. The summed E-state index contributed by atoms with van der Waals surface area (Å²) < 4.78 is 14.2. The SMILES string of the molecule is C=COCOC1CO1. The van der Waals surface area contributed by atoms with Crippen LogP contribution in [0.4, 0.5) is 0 Å². The van der Waals surface area contributed by atoms with Gasteiger partial charge in [0.1, 0.15) is 6.61 Å². The van der Waals surface area contributed by atoms with Crippen molar-refractivity contribution in [2.24, 2.45) is 0 Å². The van der Waals surface area contributed by atoms with Crippen molar-refractivity contribution in [1.82, 2.24) is 0 Å². The van der Waals surface area contributed by atoms with Crippen LogP contribution in [0.1, 0.15) is 0 Å². The normalized spacial score (nSPS) is 24.8. The van der Waals surface area contributed by atoms with Crippen LogP contribution in [0.15, 0.2) is 12.8 Å². The van der Waals surface area contributed by atoms with E-state index in [0.29, 0.717) is 6.61 Å². The molecule has 0 aromatic rings. The van der Waals surface area contributed by atoms with Crippen LogP contribution in [0.25, 0.3) is 0 Å². The zero-order valence-corrected chi connectivity index (χ0v) is 4.50. The van der Waals surface area contributed by atoms with Crippen LogP contribution in [-0.2, 0) is 14.2 Å². The van der Waals surface area contributed by atoms with E-state index in [1.807, 2.05) is 0 Å². The predicted octanol–water partition coefficient (Wildman–Crippen LogP) is 0.477. The fourth-order valence-electron chi connectivity index (χ4n) is 0.299. The second kappa shape index (κ2) is 2.69. The van der Waals surface area contributed by atoms with Crippen molar-refractivity contribution in [2.75, 3.05) is 13.4 Å². The molecule has 1 saturated heterocycles. The van der Waals surface area contributed by atoms with Crippen LogP contribution in [-0.4, -0.2) is 19.7 Å². The van der Waals surface area contributed by atoms with E-state index in [4.69, 9.17) is 9.47 Å². The molecule has 1 heterocycles. The van der Waals surface area contributed by atoms with E-state index >= 15 is 0 Å². The Hall–Kier alpha value is -0.540. The van der Waals surface area contributed by atoms with Gasteiger partial charge in [0, 0.05) is 0 Å². The van der Waals surface area contributed by atoms with Crippen LogP contribution < -0.4 is 0 Å². The highest BCUT2D eigenvalue weighted by molar-refractivity contribution is 4.53. The Labute approximate surface area is 47.8 Å². The highest BCUT2D eigenvalue weighted by Gasteiger charge is 2.22. The van der Waals surface area contributed by atoms with Gasteiger partial charge in [0.05, 0.1) is 6.26 Å². The van der Waals surface area contributed by atoms with Crippen molar-refractivity contribution in [3.05, 3.63) is 12.8 Å². The van der Waals surface area contributed by atoms with Crippen molar-refractivity contribution >= 4 is 0 Å². The molecule has 1 aliphatic rings. The quantitative estimate of drug-likeness (QED) is 0.231. The van der Waals surface area contributed by atoms with Crippen molar-refractivity contribution in [3.63, 3.8) is 0 Å². The molecule has 0 spiro atoms. The van der Waals surface area contributed by atoms with E-state index in [1.54, 1.807) is 0 Å². The molecule has 1 aliphatic heterocycles. The molecule has 0 N–H and O–H groups in total. The highest BCUT2D eigenvalue weighted by Crippen LogP contribution is 2.09. The minimum absolute atomic E-state index is 0.0186. The Balaban J connectivity index is 1.80. The van der Waals surface area contributed by atoms with Crippen LogP contribution in [0.5, 0.6) is 0 Å². The lowest BCUT2D eigenvalue weighted by molar-refractivity contribution is -0.0540. The number of ether oxygens (including phenoxy) is 3. The summed E-state index contributed by atoms with van der Waals surface area (Å²) in [4.78, 5) is 0. The molecular weight excluding hydrogens is 108 g/mol. The summed E-state index contributed by atoms with van der Waals surface area (Å²) in [6.07, 6.45) is 1.32. The van der Waals surface area contributed by atoms with Gasteiger partial charge >= 0.3 is 0 Å². The van der Waals surface area contributed by atoms with E-state index in [9.17, 15) is 0 Å². The predicted molar refractivity (Wildman–Crippen MR) is 27.0 cm³/mol. The van der Waals surface area contributed by atoms with Gasteiger partial charge < -0.3 is 14.2 Å². The maximum atomic E-state index is 4.88. The topological polar surface area (TPSA) is 31.0 Å². The summed E-state index contributed by atoms with van der Waals surface area (Å²) in [5, 5.41) is 0. The first-order valence-corrected chi connectivity index (χ1v) is 2.39. The van der Waals surface area contributed by atoms with Gasteiger partial charge in [-0.15, -0.1) is 0 Å². The molecular formula is C5H8O3. The average molecular weight is 116 g/mol. The van der Waals surface area contributed by atoms with Crippen molar-refractivity contribution in [1.29, 1.82) is 0 Å². The zero-order valence-electron chi connectivity index (χ0n) is 4.50. The molecule has 46 valence electrons. The standard InChI is InChI=1S/C5H8O3/c1-2-6-4-8-5-3-7-5/h2,5H,1,3-4H2. The third kappa shape index (κ3) is 1.95. The largest absolute Gasteiger partial charge is 0.476 e. The number of hydrogen-bond donors (Lipinski definition) is 0. The Morgan fingerprint density at radius 1 is 1.88 bits per heavy atom. The molecule has 0 aliphatic carbocycles. The Bertz CT molecular complexity index is 77.7. The number of hydrogen-bond acceptors (Lipinski definition) is 3. The molecule has 3 heteroatoms. The summed E-state index contributed by atoms with van der Waals surface area (Å²) in [6.45, 7) is 4.27. The van der Waals surface area contributed by atoms with Gasteiger partial charge in [-0.2, -0.15) is 0 Å². The van der Waals surface area contributed by atoms with Gasteiger partial charge in [-0.25, -0.2) is 0 Å². The fraction of sp³-hybridized carbons (Fsp3) is 0.600. The molecule has 1 rings (SSSR count). The van der Waals surface area contributed by atoms with Crippen LogP contribution in [0.3, 0.4) is 0 Å². The first kappa shape index (κ1) is 5.59. The average Bonchev–Trinajstić information content (AvgIpc) is 2.51. The third-order valence-corrected chi connectivity index (χ3v) is 0.743. The third-order valence-electron chi connectivity index (χ3n) is 0.743. The first-order valence-electron chi connectivity index (χ1n) is 2.39. The molecule has 1 fully saturated rings. The summed E-state index contributed by atoms with van der Waals surface area (Å²) in [5.74, 6) is 0. The van der Waals surface area contributed by atoms with Gasteiger partial charge in [-0.3, -0.25) is 0 Å². The van der Waals surface area contributed by atoms with Crippen molar-refractivity contribution in [2.45, 2.75) is 6.29 Å². The van der Waals surface area contributed by atoms with Crippen LogP contribution in [0.2, 0.25) is 0 Å². The Morgan fingerprint density at radius 2 is 2.62 bits per heavy atom. The monoisotopic (exact) mass is 116 g/mol. The minimum Gasteiger partial charge on any atom is -0.476 e. The van der Waals surface area contributed by atoms with E-state index in [1.165, 1.54) is 6.26 Å². The fourth-order valence-corrected chi connectivity index (χ4v) is 0.299. The highest BCUT2D eigenvalue weighted by atomic mass is 16.8. The van der Waals surface area contributed by atoms with E-state index < -0.39 is 0 Å². The maximum Gasteiger partial charge on any atom is 0.191 e. The lowest BCUT2D eigenvalue weighted by Gasteiger charge is -1.96. The molecule has 0 saturated carbocycles. The van der Waals surface area contributed by atoms with Gasteiger partial charge in [-0.1, -0.05) is 6.58 Å². The molecule has 8 heavy (non-hydrogen) atoms. The summed E-state index contributed by atoms with van der Waals surface area (Å²) in [6, 6.07) is 0. The molecule has 0 aromatic carbocycles. The molecule has 0 amide bonds. The first-order chi connectivity index (χ1) is 3.93. The maximum absolute atomic E-state index is 4.88. The van der Waals surface area contributed by atoms with E-state index in [-0.39, 0.29) is 13.1 Å². The zero-order chi connectivity index (χ0) is 5.82. The van der Waals surface area contributed by atoms with Gasteiger partial charge in [0.25, 0.3) is 0 Å². The number of rotatable bonds is 4.